The molecule has 1 saturated heterocycles. The quantitative estimate of drug-likeness (QED) is 0.765. The van der Waals surface area contributed by atoms with E-state index in [0.717, 1.165) is 42.1 Å². The molecule has 1 fully saturated rings. The Morgan fingerprint density at radius 1 is 1.19 bits per heavy atom. The molecule has 0 atom stereocenters. The number of ether oxygens (including phenoxy) is 1. The van der Waals surface area contributed by atoms with Crippen LogP contribution in [0.4, 0.5) is 5.82 Å². The topological polar surface area (TPSA) is 62.9 Å². The van der Waals surface area contributed by atoms with E-state index in [0.29, 0.717) is 13.2 Å². The number of aliphatic hydroxyl groups is 1. The summed E-state index contributed by atoms with van der Waals surface area (Å²) < 4.78 is 7.35. The summed E-state index contributed by atoms with van der Waals surface area (Å²) in [5.74, 6) is 0.971. The van der Waals surface area contributed by atoms with Crippen LogP contribution in [0, 0.1) is 5.41 Å². The number of hydrogen-bond acceptors (Lipinski definition) is 5. The second-order valence-electron chi connectivity index (χ2n) is 7.09. The highest BCUT2D eigenvalue weighted by molar-refractivity contribution is 5.66. The van der Waals surface area contributed by atoms with Gasteiger partial charge in [0.15, 0.2) is 5.65 Å². The summed E-state index contributed by atoms with van der Waals surface area (Å²) in [6, 6.07) is 14.1. The van der Waals surface area contributed by atoms with Crippen LogP contribution in [-0.4, -0.2) is 53.1 Å². The first kappa shape index (κ1) is 17.0. The number of benzene rings is 1. The van der Waals surface area contributed by atoms with E-state index in [-0.39, 0.29) is 12.0 Å². The molecule has 0 radical (unpaired) electrons. The Labute approximate surface area is 153 Å². The molecule has 0 unspecified atom stereocenters. The molecule has 26 heavy (non-hydrogen) atoms. The van der Waals surface area contributed by atoms with E-state index in [2.05, 4.69) is 35.2 Å². The Bertz CT molecular complexity index is 872. The molecule has 3 heterocycles. The third kappa shape index (κ3) is 3.18. The van der Waals surface area contributed by atoms with Crippen molar-refractivity contribution in [3.8, 4) is 11.3 Å². The minimum atomic E-state index is -0.136. The van der Waals surface area contributed by atoms with Crippen LogP contribution in [0.25, 0.3) is 16.9 Å². The molecule has 2 aromatic heterocycles. The highest BCUT2D eigenvalue weighted by atomic mass is 16.5. The van der Waals surface area contributed by atoms with Crippen LogP contribution in [0.5, 0.6) is 0 Å². The lowest BCUT2D eigenvalue weighted by atomic mass is 9.80. The Morgan fingerprint density at radius 2 is 1.96 bits per heavy atom. The highest BCUT2D eigenvalue weighted by Crippen LogP contribution is 2.33. The molecule has 6 nitrogen and oxygen atoms in total. The van der Waals surface area contributed by atoms with Crippen molar-refractivity contribution in [2.75, 3.05) is 38.3 Å². The number of fused-ring (bicyclic) bond motifs is 1. The summed E-state index contributed by atoms with van der Waals surface area (Å²) in [6.07, 6.45) is 3.50. The van der Waals surface area contributed by atoms with Gasteiger partial charge in [0, 0.05) is 49.9 Å². The summed E-state index contributed by atoms with van der Waals surface area (Å²) in [4.78, 5) is 6.91. The molecule has 0 bridgehead atoms. The third-order valence-corrected chi connectivity index (χ3v) is 5.26. The van der Waals surface area contributed by atoms with E-state index >= 15 is 0 Å². The maximum atomic E-state index is 10.0. The lowest BCUT2D eigenvalue weighted by molar-refractivity contribution is -0.0114. The molecule has 6 heteroatoms. The zero-order valence-electron chi connectivity index (χ0n) is 15.0. The van der Waals surface area contributed by atoms with Gasteiger partial charge >= 0.3 is 0 Å². The lowest BCUT2D eigenvalue weighted by Crippen LogP contribution is -2.43. The summed E-state index contributed by atoms with van der Waals surface area (Å²) in [5.41, 5.74) is 2.68. The Kier molecular flexibility index (Phi) is 4.61. The molecular formula is C20H24N4O2. The van der Waals surface area contributed by atoms with Crippen LogP contribution in [-0.2, 0) is 4.74 Å². The van der Waals surface area contributed by atoms with Crippen LogP contribution in [0.15, 0.2) is 48.7 Å². The van der Waals surface area contributed by atoms with Crippen LogP contribution in [0.3, 0.4) is 0 Å². The van der Waals surface area contributed by atoms with Crippen molar-refractivity contribution >= 4 is 11.5 Å². The molecule has 0 aliphatic carbocycles. The third-order valence-electron chi connectivity index (χ3n) is 5.26. The van der Waals surface area contributed by atoms with Crippen LogP contribution in [0.1, 0.15) is 12.8 Å². The van der Waals surface area contributed by atoms with Crippen LogP contribution in [0.2, 0.25) is 0 Å². The Balaban J connectivity index is 1.71. The second kappa shape index (κ2) is 7.05. The fraction of sp³-hybridized carbons (Fsp3) is 0.400. The number of rotatable bonds is 5. The van der Waals surface area contributed by atoms with Gasteiger partial charge in [-0.2, -0.15) is 9.61 Å². The number of anilines is 1. The first-order chi connectivity index (χ1) is 12.7. The molecule has 4 rings (SSSR count). The summed E-state index contributed by atoms with van der Waals surface area (Å²) >= 11 is 0. The minimum Gasteiger partial charge on any atom is -0.396 e. The largest absolute Gasteiger partial charge is 0.396 e. The fourth-order valence-corrected chi connectivity index (χ4v) is 3.68. The van der Waals surface area contributed by atoms with Gasteiger partial charge in [-0.25, -0.2) is 4.98 Å². The molecule has 0 spiro atoms. The van der Waals surface area contributed by atoms with Gasteiger partial charge in [0.05, 0.1) is 18.5 Å². The molecule has 0 amide bonds. The van der Waals surface area contributed by atoms with Gasteiger partial charge in [0.2, 0.25) is 0 Å². The zero-order valence-corrected chi connectivity index (χ0v) is 15.0. The molecule has 1 N–H and O–H groups in total. The fourth-order valence-electron chi connectivity index (χ4n) is 3.68. The van der Waals surface area contributed by atoms with Crippen molar-refractivity contribution in [1.82, 2.24) is 14.6 Å². The van der Waals surface area contributed by atoms with Gasteiger partial charge < -0.3 is 14.7 Å². The zero-order chi connectivity index (χ0) is 18.0. The molecule has 0 saturated carbocycles. The van der Waals surface area contributed by atoms with Crippen molar-refractivity contribution in [1.29, 1.82) is 0 Å². The van der Waals surface area contributed by atoms with E-state index in [1.807, 2.05) is 28.8 Å². The highest BCUT2D eigenvalue weighted by Gasteiger charge is 2.33. The molecule has 1 aliphatic rings. The smallest absolute Gasteiger partial charge is 0.157 e. The van der Waals surface area contributed by atoms with E-state index in [1.54, 1.807) is 6.20 Å². The molecule has 1 aromatic carbocycles. The standard InChI is InChI=1S/C20H24N4O2/c1-23(14-20(15-25)8-11-26-12-9-20)19-13-17(16-5-3-2-4-6-16)22-18-7-10-21-24(18)19/h2-7,10,13,25H,8-9,11-12,14-15H2,1H3. The monoisotopic (exact) mass is 352 g/mol. The predicted octanol–water partition coefficient (Wildman–Crippen LogP) is 2.62. The van der Waals surface area contributed by atoms with Gasteiger partial charge in [0.1, 0.15) is 5.82 Å². The van der Waals surface area contributed by atoms with Gasteiger partial charge in [0.25, 0.3) is 0 Å². The number of aromatic nitrogens is 3. The van der Waals surface area contributed by atoms with Gasteiger partial charge in [-0.05, 0) is 12.8 Å². The summed E-state index contributed by atoms with van der Waals surface area (Å²) in [5, 5.41) is 14.5. The Hall–Kier alpha value is -2.44. The van der Waals surface area contributed by atoms with Crippen LogP contribution < -0.4 is 4.90 Å². The predicted molar refractivity (Wildman–Crippen MR) is 101 cm³/mol. The number of nitrogens with zero attached hydrogens (tertiary/aromatic N) is 4. The van der Waals surface area contributed by atoms with Gasteiger partial charge in [-0.15, -0.1) is 0 Å². The van der Waals surface area contributed by atoms with Crippen molar-refractivity contribution < 1.29 is 9.84 Å². The van der Waals surface area contributed by atoms with Crippen LogP contribution >= 0.6 is 0 Å². The second-order valence-corrected chi connectivity index (χ2v) is 7.09. The van der Waals surface area contributed by atoms with Crippen molar-refractivity contribution in [2.24, 2.45) is 5.41 Å². The van der Waals surface area contributed by atoms with E-state index < -0.39 is 0 Å². The van der Waals surface area contributed by atoms with E-state index in [1.165, 1.54) is 0 Å². The number of hydrogen-bond donors (Lipinski definition) is 1. The Morgan fingerprint density at radius 3 is 2.69 bits per heavy atom. The molecule has 1 aliphatic heterocycles. The maximum absolute atomic E-state index is 10.0. The molecule has 3 aromatic rings. The van der Waals surface area contributed by atoms with Gasteiger partial charge in [-0.3, -0.25) is 0 Å². The minimum absolute atomic E-state index is 0.136. The van der Waals surface area contributed by atoms with Crippen molar-refractivity contribution in [3.05, 3.63) is 48.7 Å². The average molecular weight is 352 g/mol. The number of aliphatic hydroxyl groups excluding tert-OH is 1. The molecular weight excluding hydrogens is 328 g/mol. The van der Waals surface area contributed by atoms with Crippen molar-refractivity contribution in [3.63, 3.8) is 0 Å². The summed E-state index contributed by atoms with van der Waals surface area (Å²) in [6.45, 7) is 2.33. The van der Waals surface area contributed by atoms with E-state index in [9.17, 15) is 5.11 Å². The lowest BCUT2D eigenvalue weighted by Gasteiger charge is -2.39. The normalized spacial score (nSPS) is 16.7. The van der Waals surface area contributed by atoms with E-state index in [4.69, 9.17) is 9.72 Å². The first-order valence-electron chi connectivity index (χ1n) is 9.01. The SMILES string of the molecule is CN(CC1(CO)CCOCC1)c1cc(-c2ccccc2)nc2ccnn12. The maximum Gasteiger partial charge on any atom is 0.157 e. The first-order valence-corrected chi connectivity index (χ1v) is 9.01. The molecule has 136 valence electrons. The average Bonchev–Trinajstić information content (AvgIpc) is 3.17. The van der Waals surface area contributed by atoms with Crippen molar-refractivity contribution in [2.45, 2.75) is 12.8 Å². The summed E-state index contributed by atoms with van der Waals surface area (Å²) in [7, 11) is 2.05. The van der Waals surface area contributed by atoms with Gasteiger partial charge in [-0.1, -0.05) is 30.3 Å².